The number of aromatic nitrogens is 1. The van der Waals surface area contributed by atoms with Crippen LogP contribution in [0.3, 0.4) is 0 Å². The summed E-state index contributed by atoms with van der Waals surface area (Å²) >= 11 is 1.69. The van der Waals surface area contributed by atoms with Gasteiger partial charge in [-0.05, 0) is 32.2 Å². The lowest BCUT2D eigenvalue weighted by Crippen LogP contribution is -2.19. The summed E-state index contributed by atoms with van der Waals surface area (Å²) < 4.78 is 12.2. The maximum Gasteiger partial charge on any atom is 0.374 e. The number of hydrogen-bond acceptors (Lipinski definition) is 6. The van der Waals surface area contributed by atoms with Gasteiger partial charge in [-0.25, -0.2) is 9.78 Å². The van der Waals surface area contributed by atoms with E-state index in [4.69, 9.17) is 14.1 Å². The fraction of sp³-hybridized carbons (Fsp3) is 0.238. The van der Waals surface area contributed by atoms with Crippen LogP contribution in [0.2, 0.25) is 0 Å². The van der Waals surface area contributed by atoms with E-state index < -0.39 is 5.97 Å². The Hall–Kier alpha value is -2.70. The van der Waals surface area contributed by atoms with Gasteiger partial charge < -0.3 is 9.15 Å². The van der Waals surface area contributed by atoms with Crippen LogP contribution in [0, 0.1) is 0 Å². The Morgan fingerprint density at radius 3 is 2.74 bits per heavy atom. The van der Waals surface area contributed by atoms with Gasteiger partial charge in [-0.15, -0.1) is 11.3 Å². The van der Waals surface area contributed by atoms with Crippen LogP contribution in [-0.2, 0) is 17.8 Å². The zero-order valence-electron chi connectivity index (χ0n) is 15.3. The number of ether oxygens (including phenoxy) is 1. The first kappa shape index (κ1) is 17.7. The van der Waals surface area contributed by atoms with Crippen molar-refractivity contribution in [2.75, 3.05) is 13.7 Å². The first-order valence-electron chi connectivity index (χ1n) is 8.86. The highest BCUT2D eigenvalue weighted by Crippen LogP contribution is 2.29. The van der Waals surface area contributed by atoms with Crippen molar-refractivity contribution < 1.29 is 13.9 Å². The Kier molecular flexibility index (Phi) is 4.92. The second-order valence-electron chi connectivity index (χ2n) is 6.37. The Labute approximate surface area is 161 Å². The minimum atomic E-state index is -0.419. The van der Waals surface area contributed by atoms with E-state index in [1.807, 2.05) is 49.5 Å². The predicted octanol–water partition coefficient (Wildman–Crippen LogP) is 4.85. The summed E-state index contributed by atoms with van der Waals surface area (Å²) in [7, 11) is 2.02. The summed E-state index contributed by atoms with van der Waals surface area (Å²) in [4.78, 5) is 19.2. The van der Waals surface area contributed by atoms with Gasteiger partial charge in [0.05, 0.1) is 23.4 Å². The molecule has 0 atom stereocenters. The molecule has 27 heavy (non-hydrogen) atoms. The van der Waals surface area contributed by atoms with Crippen LogP contribution in [0.4, 0.5) is 0 Å². The highest BCUT2D eigenvalue weighted by molar-refractivity contribution is 7.18. The van der Waals surface area contributed by atoms with Gasteiger partial charge in [-0.2, -0.15) is 0 Å². The minimum absolute atomic E-state index is 0.286. The van der Waals surface area contributed by atoms with E-state index in [0.717, 1.165) is 21.5 Å². The Balaban J connectivity index is 1.61. The second kappa shape index (κ2) is 7.50. The molecule has 0 fully saturated rings. The highest BCUT2D eigenvalue weighted by Gasteiger charge is 2.22. The molecule has 0 radical (unpaired) electrons. The number of fused-ring (bicyclic) bond motifs is 2. The molecule has 0 aliphatic carbocycles. The average molecular weight is 380 g/mol. The number of para-hydroxylation sites is 2. The monoisotopic (exact) mass is 380 g/mol. The smallest absolute Gasteiger partial charge is 0.374 e. The molecule has 2 aromatic heterocycles. The first-order valence-corrected chi connectivity index (χ1v) is 9.68. The lowest BCUT2D eigenvalue weighted by molar-refractivity contribution is 0.0489. The van der Waals surface area contributed by atoms with Crippen molar-refractivity contribution >= 4 is 38.5 Å². The molecule has 138 valence electrons. The number of carbonyl (C=O) groups excluding carboxylic acids is 1. The number of furan rings is 1. The quantitative estimate of drug-likeness (QED) is 0.448. The van der Waals surface area contributed by atoms with E-state index in [0.29, 0.717) is 25.3 Å². The number of rotatable bonds is 6. The van der Waals surface area contributed by atoms with Crippen molar-refractivity contribution in [2.24, 2.45) is 0 Å². The molecule has 0 aliphatic heterocycles. The summed E-state index contributed by atoms with van der Waals surface area (Å²) in [5.41, 5.74) is 2.57. The maximum atomic E-state index is 12.3. The zero-order chi connectivity index (χ0) is 18.8. The van der Waals surface area contributed by atoms with Gasteiger partial charge in [-0.1, -0.05) is 30.3 Å². The van der Waals surface area contributed by atoms with Crippen LogP contribution in [0.15, 0.2) is 52.9 Å². The molecule has 4 aromatic rings. The van der Waals surface area contributed by atoms with Crippen LogP contribution in [0.5, 0.6) is 0 Å². The van der Waals surface area contributed by atoms with E-state index in [-0.39, 0.29) is 5.76 Å². The van der Waals surface area contributed by atoms with Crippen LogP contribution in [-0.4, -0.2) is 29.5 Å². The predicted molar refractivity (Wildman–Crippen MR) is 107 cm³/mol. The molecular weight excluding hydrogens is 360 g/mol. The molecule has 0 saturated heterocycles. The fourth-order valence-corrected chi connectivity index (χ4v) is 4.21. The van der Waals surface area contributed by atoms with Gasteiger partial charge in [0.1, 0.15) is 10.6 Å². The average Bonchev–Trinajstić information content (AvgIpc) is 3.23. The summed E-state index contributed by atoms with van der Waals surface area (Å²) in [5.74, 6) is -0.133. The van der Waals surface area contributed by atoms with Crippen LogP contribution in [0.25, 0.3) is 21.2 Å². The van der Waals surface area contributed by atoms with Crippen LogP contribution in [0.1, 0.15) is 28.0 Å². The largest absolute Gasteiger partial charge is 0.460 e. The highest BCUT2D eigenvalue weighted by atomic mass is 32.1. The van der Waals surface area contributed by atoms with Gasteiger partial charge >= 0.3 is 5.97 Å². The van der Waals surface area contributed by atoms with Gasteiger partial charge in [-0.3, -0.25) is 4.90 Å². The zero-order valence-corrected chi connectivity index (χ0v) is 16.1. The molecular formula is C21H20N2O3S. The molecule has 2 heterocycles. The van der Waals surface area contributed by atoms with Crippen molar-refractivity contribution in [2.45, 2.75) is 20.0 Å². The van der Waals surface area contributed by atoms with E-state index in [9.17, 15) is 4.79 Å². The lowest BCUT2D eigenvalue weighted by Gasteiger charge is -2.15. The number of thiazole rings is 1. The number of hydrogen-bond donors (Lipinski definition) is 0. The van der Waals surface area contributed by atoms with Gasteiger partial charge in [0.25, 0.3) is 0 Å². The molecule has 5 nitrogen and oxygen atoms in total. The topological polar surface area (TPSA) is 55.6 Å². The standard InChI is InChI=1S/C21H20N2O3S/c1-3-25-21(24)20-15(14-8-4-6-10-17(14)26-20)12-23(2)13-19-22-16-9-5-7-11-18(16)27-19/h4-11H,3,12-13H2,1-2H3. The molecule has 2 aromatic carbocycles. The van der Waals surface area contributed by atoms with Crippen LogP contribution >= 0.6 is 11.3 Å². The third kappa shape index (κ3) is 3.59. The Bertz CT molecular complexity index is 1070. The van der Waals surface area contributed by atoms with E-state index in [2.05, 4.69) is 11.0 Å². The molecule has 0 spiro atoms. The molecule has 0 bridgehead atoms. The second-order valence-corrected chi connectivity index (χ2v) is 7.49. The number of benzene rings is 2. The van der Waals surface area contributed by atoms with E-state index in [1.54, 1.807) is 18.3 Å². The number of carbonyl (C=O) groups is 1. The normalized spacial score (nSPS) is 11.5. The third-order valence-electron chi connectivity index (χ3n) is 4.33. The SMILES string of the molecule is CCOC(=O)c1oc2ccccc2c1CN(C)Cc1nc2ccccc2s1. The molecule has 0 N–H and O–H groups in total. The molecule has 4 rings (SSSR count). The van der Waals surface area contributed by atoms with Crippen molar-refractivity contribution in [1.82, 2.24) is 9.88 Å². The van der Waals surface area contributed by atoms with Gasteiger partial charge in [0.15, 0.2) is 0 Å². The molecule has 0 unspecified atom stereocenters. The van der Waals surface area contributed by atoms with Crippen molar-refractivity contribution in [3.63, 3.8) is 0 Å². The Morgan fingerprint density at radius 1 is 1.15 bits per heavy atom. The van der Waals surface area contributed by atoms with Crippen molar-refractivity contribution in [3.8, 4) is 0 Å². The number of nitrogens with zero attached hydrogens (tertiary/aromatic N) is 2. The van der Waals surface area contributed by atoms with E-state index in [1.165, 1.54) is 4.70 Å². The molecule has 0 amide bonds. The van der Waals surface area contributed by atoms with E-state index >= 15 is 0 Å². The Morgan fingerprint density at radius 2 is 1.93 bits per heavy atom. The summed E-state index contributed by atoms with van der Waals surface area (Å²) in [6.07, 6.45) is 0. The van der Waals surface area contributed by atoms with Gasteiger partial charge in [0.2, 0.25) is 5.76 Å². The summed E-state index contributed by atoms with van der Waals surface area (Å²) in [6, 6.07) is 15.8. The lowest BCUT2D eigenvalue weighted by atomic mass is 10.1. The molecule has 0 aliphatic rings. The molecule has 0 saturated carbocycles. The third-order valence-corrected chi connectivity index (χ3v) is 5.35. The first-order chi connectivity index (χ1) is 13.2. The van der Waals surface area contributed by atoms with Gasteiger partial charge in [0, 0.05) is 17.5 Å². The summed E-state index contributed by atoms with van der Waals surface area (Å²) in [6.45, 7) is 3.37. The minimum Gasteiger partial charge on any atom is -0.460 e. The fourth-order valence-electron chi connectivity index (χ4n) is 3.16. The molecule has 6 heteroatoms. The van der Waals surface area contributed by atoms with Crippen molar-refractivity contribution in [3.05, 3.63) is 64.9 Å². The van der Waals surface area contributed by atoms with Crippen LogP contribution < -0.4 is 0 Å². The summed E-state index contributed by atoms with van der Waals surface area (Å²) in [5, 5.41) is 1.99. The maximum absolute atomic E-state index is 12.3. The number of esters is 1. The van der Waals surface area contributed by atoms with Crippen molar-refractivity contribution in [1.29, 1.82) is 0 Å².